The molecule has 1 saturated heterocycles. The van der Waals surface area contributed by atoms with E-state index in [4.69, 9.17) is 9.47 Å². The minimum absolute atomic E-state index is 0.0510. The molecule has 7 heteroatoms. The number of thioether (sulfide) groups is 1. The van der Waals surface area contributed by atoms with Crippen LogP contribution in [0.15, 0.2) is 40.4 Å². The molecule has 1 fully saturated rings. The number of nitrogens with zero attached hydrogens (tertiary/aromatic N) is 3. The predicted octanol–water partition coefficient (Wildman–Crippen LogP) is 2.32. The molecule has 0 unspecified atom stereocenters. The van der Waals surface area contributed by atoms with E-state index in [9.17, 15) is 4.79 Å². The van der Waals surface area contributed by atoms with Gasteiger partial charge in [0.2, 0.25) is 5.91 Å². The number of fused-ring (bicyclic) bond motifs is 1. The average Bonchev–Trinajstić information content (AvgIpc) is 3.01. The molecular weight excluding hydrogens is 338 g/mol. The van der Waals surface area contributed by atoms with E-state index in [1.54, 1.807) is 18.9 Å². The highest BCUT2D eigenvalue weighted by Gasteiger charge is 2.34. The first-order valence-corrected chi connectivity index (χ1v) is 9.37. The number of likely N-dealkylation sites (tertiary alicyclic amines) is 1. The van der Waals surface area contributed by atoms with Gasteiger partial charge in [0.15, 0.2) is 5.17 Å². The summed E-state index contributed by atoms with van der Waals surface area (Å²) in [6.45, 7) is 3.13. The molecule has 0 aromatic heterocycles. The van der Waals surface area contributed by atoms with E-state index in [1.165, 1.54) is 0 Å². The van der Waals surface area contributed by atoms with E-state index >= 15 is 0 Å². The number of rotatable bonds is 5. The number of amidine groups is 1. The molecule has 0 saturated carbocycles. The highest BCUT2D eigenvalue weighted by molar-refractivity contribution is 8.16. The van der Waals surface area contributed by atoms with Crippen molar-refractivity contribution in [2.75, 3.05) is 33.3 Å². The number of methoxy groups -OCH3 is 1. The molecule has 3 aliphatic heterocycles. The van der Waals surface area contributed by atoms with Gasteiger partial charge in [-0.2, -0.15) is 0 Å². The summed E-state index contributed by atoms with van der Waals surface area (Å²) in [7, 11) is 1.64. The number of hydrogen-bond acceptors (Lipinski definition) is 6. The molecule has 25 heavy (non-hydrogen) atoms. The third kappa shape index (κ3) is 3.46. The van der Waals surface area contributed by atoms with Gasteiger partial charge >= 0.3 is 0 Å². The second kappa shape index (κ2) is 7.00. The largest absolute Gasteiger partial charge is 0.497 e. The molecule has 132 valence electrons. The van der Waals surface area contributed by atoms with Crippen LogP contribution < -0.4 is 9.47 Å². The molecule has 1 aromatic carbocycles. The number of hydrogen-bond donors (Lipinski definition) is 0. The van der Waals surface area contributed by atoms with Crippen LogP contribution in [-0.4, -0.2) is 60.3 Å². The Morgan fingerprint density at radius 2 is 2.20 bits per heavy atom. The van der Waals surface area contributed by atoms with E-state index in [0.29, 0.717) is 19.5 Å². The van der Waals surface area contributed by atoms with Gasteiger partial charge in [0.1, 0.15) is 17.6 Å². The van der Waals surface area contributed by atoms with Crippen LogP contribution in [0.5, 0.6) is 11.5 Å². The monoisotopic (exact) mass is 359 g/mol. The maximum Gasteiger partial charge on any atom is 0.228 e. The Labute approximate surface area is 151 Å². The standard InChI is InChI=1S/C18H21N3O3S/c1-23-14-4-2-5-15(9-14)24-16-10-20(11-16)17(22)8-13-12-25-18-19-6-3-7-21(13)18/h2,4-5,9,12,16H,3,6-8,10-11H2,1H3. The molecule has 3 heterocycles. The zero-order chi connectivity index (χ0) is 17.2. The smallest absolute Gasteiger partial charge is 0.228 e. The van der Waals surface area contributed by atoms with Gasteiger partial charge in [-0.1, -0.05) is 17.8 Å². The fraction of sp³-hybridized carbons (Fsp3) is 0.444. The molecule has 0 radical (unpaired) electrons. The van der Waals surface area contributed by atoms with E-state index in [2.05, 4.69) is 15.3 Å². The van der Waals surface area contributed by atoms with Crippen LogP contribution in [0.4, 0.5) is 0 Å². The molecule has 0 atom stereocenters. The molecule has 0 aliphatic carbocycles. The van der Waals surface area contributed by atoms with Crippen LogP contribution in [0.3, 0.4) is 0 Å². The Balaban J connectivity index is 1.27. The van der Waals surface area contributed by atoms with Crippen LogP contribution in [0, 0.1) is 0 Å². The van der Waals surface area contributed by atoms with Crippen LogP contribution >= 0.6 is 11.8 Å². The summed E-state index contributed by atoms with van der Waals surface area (Å²) >= 11 is 1.63. The van der Waals surface area contributed by atoms with Gasteiger partial charge in [-0.25, -0.2) is 0 Å². The fourth-order valence-corrected chi connectivity index (χ4v) is 4.08. The van der Waals surface area contributed by atoms with Gasteiger partial charge < -0.3 is 19.3 Å². The first-order valence-electron chi connectivity index (χ1n) is 8.49. The summed E-state index contributed by atoms with van der Waals surface area (Å²) in [5.41, 5.74) is 1.07. The van der Waals surface area contributed by atoms with Crippen LogP contribution in [0.25, 0.3) is 0 Å². The van der Waals surface area contributed by atoms with E-state index in [0.717, 1.165) is 41.9 Å². The first kappa shape index (κ1) is 16.3. The van der Waals surface area contributed by atoms with Crippen LogP contribution in [0.2, 0.25) is 0 Å². The van der Waals surface area contributed by atoms with Crippen molar-refractivity contribution in [3.63, 3.8) is 0 Å². The SMILES string of the molecule is COc1cccc(OC2CN(C(=O)CC3=CSC4=NCCCN34)C2)c1. The van der Waals surface area contributed by atoms with Crippen molar-refractivity contribution < 1.29 is 14.3 Å². The van der Waals surface area contributed by atoms with Crippen LogP contribution in [0.1, 0.15) is 12.8 Å². The molecule has 0 spiro atoms. The molecule has 4 rings (SSSR count). The zero-order valence-electron chi connectivity index (χ0n) is 14.2. The first-order chi connectivity index (χ1) is 12.2. The Hall–Kier alpha value is -2.15. The maximum atomic E-state index is 12.5. The van der Waals surface area contributed by atoms with Gasteiger partial charge in [0.25, 0.3) is 0 Å². The zero-order valence-corrected chi connectivity index (χ0v) is 15.0. The van der Waals surface area contributed by atoms with Crippen molar-refractivity contribution in [1.82, 2.24) is 9.80 Å². The summed E-state index contributed by atoms with van der Waals surface area (Å²) in [4.78, 5) is 21.0. The molecule has 1 amide bonds. The van der Waals surface area contributed by atoms with Crippen molar-refractivity contribution in [3.05, 3.63) is 35.4 Å². The third-order valence-corrected chi connectivity index (χ3v) is 5.49. The molecule has 1 aromatic rings. The lowest BCUT2D eigenvalue weighted by Crippen LogP contribution is -2.56. The van der Waals surface area contributed by atoms with Gasteiger partial charge in [0.05, 0.1) is 26.6 Å². The number of carbonyl (C=O) groups excluding carboxylic acids is 1. The lowest BCUT2D eigenvalue weighted by Gasteiger charge is -2.39. The fourth-order valence-electron chi connectivity index (χ4n) is 3.12. The van der Waals surface area contributed by atoms with Gasteiger partial charge in [-0.05, 0) is 24.0 Å². The minimum Gasteiger partial charge on any atom is -0.497 e. The number of aliphatic imine (C=N–C) groups is 1. The molecular formula is C18H21N3O3S. The topological polar surface area (TPSA) is 54.4 Å². The number of ether oxygens (including phenoxy) is 2. The lowest BCUT2D eigenvalue weighted by molar-refractivity contribution is -0.139. The van der Waals surface area contributed by atoms with E-state index in [-0.39, 0.29) is 12.0 Å². The molecule has 0 bridgehead atoms. The summed E-state index contributed by atoms with van der Waals surface area (Å²) in [5, 5.41) is 3.10. The summed E-state index contributed by atoms with van der Waals surface area (Å²) in [5.74, 6) is 1.71. The second-order valence-electron chi connectivity index (χ2n) is 6.29. The van der Waals surface area contributed by atoms with Crippen molar-refractivity contribution in [1.29, 1.82) is 0 Å². The summed E-state index contributed by atoms with van der Waals surface area (Å²) in [6.07, 6.45) is 1.54. The molecule has 3 aliphatic rings. The highest BCUT2D eigenvalue weighted by Crippen LogP contribution is 2.31. The van der Waals surface area contributed by atoms with Gasteiger partial charge in [-0.15, -0.1) is 0 Å². The normalized spacial score (nSPS) is 19.7. The van der Waals surface area contributed by atoms with Gasteiger partial charge in [0, 0.05) is 24.9 Å². The quantitative estimate of drug-likeness (QED) is 0.808. The molecule has 6 nitrogen and oxygen atoms in total. The van der Waals surface area contributed by atoms with E-state index < -0.39 is 0 Å². The molecule has 0 N–H and O–H groups in total. The Bertz CT molecular complexity index is 728. The maximum absolute atomic E-state index is 12.5. The highest BCUT2D eigenvalue weighted by atomic mass is 32.2. The van der Waals surface area contributed by atoms with E-state index in [1.807, 2.05) is 29.2 Å². The minimum atomic E-state index is 0.0510. The predicted molar refractivity (Wildman–Crippen MR) is 97.9 cm³/mol. The number of amides is 1. The van der Waals surface area contributed by atoms with Crippen molar-refractivity contribution in [2.45, 2.75) is 18.9 Å². The Kier molecular flexibility index (Phi) is 4.57. The lowest BCUT2D eigenvalue weighted by atomic mass is 10.1. The summed E-state index contributed by atoms with van der Waals surface area (Å²) in [6, 6.07) is 7.56. The average molecular weight is 359 g/mol. The number of benzene rings is 1. The third-order valence-electron chi connectivity index (χ3n) is 4.54. The van der Waals surface area contributed by atoms with Gasteiger partial charge in [-0.3, -0.25) is 9.79 Å². The Morgan fingerprint density at radius 3 is 3.04 bits per heavy atom. The number of carbonyl (C=O) groups is 1. The van der Waals surface area contributed by atoms with Crippen LogP contribution in [-0.2, 0) is 4.79 Å². The van der Waals surface area contributed by atoms with Crippen molar-refractivity contribution in [3.8, 4) is 11.5 Å². The Morgan fingerprint density at radius 1 is 1.36 bits per heavy atom. The van der Waals surface area contributed by atoms with Crippen molar-refractivity contribution >= 4 is 22.8 Å². The summed E-state index contributed by atoms with van der Waals surface area (Å²) < 4.78 is 11.1. The van der Waals surface area contributed by atoms with Crippen molar-refractivity contribution in [2.24, 2.45) is 4.99 Å². The second-order valence-corrected chi connectivity index (χ2v) is 7.13.